The smallest absolute Gasteiger partial charge is 0.270 e. The predicted octanol–water partition coefficient (Wildman–Crippen LogP) is 2.89. The second-order valence-corrected chi connectivity index (χ2v) is 7.15. The fraction of sp³-hybridized carbons (Fsp3) is 0.286. The summed E-state index contributed by atoms with van der Waals surface area (Å²) in [6.07, 6.45) is 1.63. The van der Waals surface area contributed by atoms with Crippen LogP contribution in [0.2, 0.25) is 0 Å². The van der Waals surface area contributed by atoms with Crippen LogP contribution in [0.1, 0.15) is 22.5 Å². The maximum atomic E-state index is 13.1. The van der Waals surface area contributed by atoms with E-state index in [4.69, 9.17) is 17.0 Å². The maximum Gasteiger partial charge on any atom is 0.270 e. The lowest BCUT2D eigenvalue weighted by Gasteiger charge is -2.29. The summed E-state index contributed by atoms with van der Waals surface area (Å²) in [7, 11) is 1.66. The summed E-state index contributed by atoms with van der Waals surface area (Å²) in [6.45, 7) is 7.17. The average Bonchev–Trinajstić information content (AvgIpc) is 2.90. The lowest BCUT2D eigenvalue weighted by atomic mass is 10.1. The van der Waals surface area contributed by atoms with Gasteiger partial charge in [-0.1, -0.05) is 12.1 Å². The van der Waals surface area contributed by atoms with E-state index in [1.807, 2.05) is 45.0 Å². The van der Waals surface area contributed by atoms with Crippen LogP contribution < -0.4 is 10.2 Å². The zero-order valence-corrected chi connectivity index (χ0v) is 17.2. The minimum absolute atomic E-state index is 0.0575. The zero-order chi connectivity index (χ0) is 20.4. The molecule has 0 spiro atoms. The number of benzene rings is 1. The molecule has 28 heavy (non-hydrogen) atoms. The summed E-state index contributed by atoms with van der Waals surface area (Å²) >= 11 is 5.25. The fourth-order valence-corrected chi connectivity index (χ4v) is 3.60. The van der Waals surface area contributed by atoms with Gasteiger partial charge in [0.15, 0.2) is 5.11 Å². The van der Waals surface area contributed by atoms with E-state index >= 15 is 0 Å². The van der Waals surface area contributed by atoms with Gasteiger partial charge in [0.05, 0.1) is 12.3 Å². The van der Waals surface area contributed by atoms with E-state index in [2.05, 4.69) is 9.88 Å². The highest BCUT2D eigenvalue weighted by Crippen LogP contribution is 2.24. The second-order valence-electron chi connectivity index (χ2n) is 6.77. The van der Waals surface area contributed by atoms with E-state index in [0.29, 0.717) is 18.8 Å². The molecule has 0 radical (unpaired) electrons. The van der Waals surface area contributed by atoms with Gasteiger partial charge in [-0.3, -0.25) is 19.8 Å². The Bertz CT molecular complexity index is 991. The number of thiocarbonyl (C=S) groups is 1. The standard InChI is InChI=1S/C21H23N3O3S/c1-13-6-5-7-17(10-13)24-20(26)18(19(25)22-21(24)28)12-16-11-14(2)23(15(16)3)8-9-27-4/h5-7,10-12H,8-9H2,1-4H3,(H,22,25,28). The van der Waals surface area contributed by atoms with Gasteiger partial charge in [-0.2, -0.15) is 0 Å². The molecule has 1 fully saturated rings. The Morgan fingerprint density at radius 2 is 1.93 bits per heavy atom. The molecule has 0 atom stereocenters. The molecule has 1 N–H and O–H groups in total. The van der Waals surface area contributed by atoms with E-state index in [1.165, 1.54) is 4.90 Å². The number of carbonyl (C=O) groups excluding carboxylic acids is 2. The molecule has 7 heteroatoms. The monoisotopic (exact) mass is 397 g/mol. The van der Waals surface area contributed by atoms with Crippen molar-refractivity contribution >= 4 is 40.9 Å². The summed E-state index contributed by atoms with van der Waals surface area (Å²) in [5, 5.41) is 2.71. The van der Waals surface area contributed by atoms with Crippen molar-refractivity contribution in [3.8, 4) is 0 Å². The van der Waals surface area contributed by atoms with Crippen molar-refractivity contribution in [3.63, 3.8) is 0 Å². The predicted molar refractivity (Wildman–Crippen MR) is 113 cm³/mol. The van der Waals surface area contributed by atoms with Crippen LogP contribution >= 0.6 is 12.2 Å². The third-order valence-electron chi connectivity index (χ3n) is 4.79. The van der Waals surface area contributed by atoms with Crippen molar-refractivity contribution in [3.05, 3.63) is 58.4 Å². The van der Waals surface area contributed by atoms with Gasteiger partial charge in [0.25, 0.3) is 11.8 Å². The highest BCUT2D eigenvalue weighted by atomic mass is 32.1. The van der Waals surface area contributed by atoms with E-state index in [1.54, 1.807) is 19.3 Å². The SMILES string of the molecule is COCCn1c(C)cc(C=C2C(=O)NC(=S)N(c3cccc(C)c3)C2=O)c1C. The maximum absolute atomic E-state index is 13.1. The molecule has 1 aliphatic rings. The van der Waals surface area contributed by atoms with Crippen molar-refractivity contribution in [1.29, 1.82) is 0 Å². The lowest BCUT2D eigenvalue weighted by Crippen LogP contribution is -2.54. The van der Waals surface area contributed by atoms with Gasteiger partial charge in [-0.15, -0.1) is 0 Å². The quantitative estimate of drug-likeness (QED) is 0.479. The fourth-order valence-electron chi connectivity index (χ4n) is 3.32. The van der Waals surface area contributed by atoms with Gasteiger partial charge in [-0.05, 0) is 68.4 Å². The number of methoxy groups -OCH3 is 1. The van der Waals surface area contributed by atoms with Crippen molar-refractivity contribution in [2.45, 2.75) is 27.3 Å². The van der Waals surface area contributed by atoms with Crippen LogP contribution in [0.3, 0.4) is 0 Å². The first-order valence-electron chi connectivity index (χ1n) is 8.97. The molecular weight excluding hydrogens is 374 g/mol. The number of anilines is 1. The number of nitrogens with one attached hydrogen (secondary N) is 1. The molecule has 3 rings (SSSR count). The number of aromatic nitrogens is 1. The Kier molecular flexibility index (Phi) is 5.76. The Balaban J connectivity index is 2.00. The third-order valence-corrected chi connectivity index (χ3v) is 5.08. The molecule has 2 aromatic rings. The van der Waals surface area contributed by atoms with Gasteiger partial charge >= 0.3 is 0 Å². The topological polar surface area (TPSA) is 63.6 Å². The molecule has 1 saturated heterocycles. The van der Waals surface area contributed by atoms with Crippen molar-refractivity contribution in [2.24, 2.45) is 0 Å². The van der Waals surface area contributed by atoms with Gasteiger partial charge in [0, 0.05) is 25.0 Å². The van der Waals surface area contributed by atoms with Crippen LogP contribution in [0.25, 0.3) is 6.08 Å². The molecular formula is C21H23N3O3S. The lowest BCUT2D eigenvalue weighted by molar-refractivity contribution is -0.122. The van der Waals surface area contributed by atoms with Crippen molar-refractivity contribution in [2.75, 3.05) is 18.6 Å². The largest absolute Gasteiger partial charge is 0.383 e. The van der Waals surface area contributed by atoms with Crippen LogP contribution in [-0.2, 0) is 20.9 Å². The molecule has 0 unspecified atom stereocenters. The van der Waals surface area contributed by atoms with Crippen LogP contribution in [0.5, 0.6) is 0 Å². The van der Waals surface area contributed by atoms with Crippen LogP contribution in [0.4, 0.5) is 5.69 Å². The van der Waals surface area contributed by atoms with Crippen molar-refractivity contribution < 1.29 is 14.3 Å². The molecule has 0 aliphatic carbocycles. The zero-order valence-electron chi connectivity index (χ0n) is 16.4. The summed E-state index contributed by atoms with van der Waals surface area (Å²) in [5.41, 5.74) is 4.52. The molecule has 0 saturated carbocycles. The molecule has 1 aliphatic heterocycles. The summed E-state index contributed by atoms with van der Waals surface area (Å²) in [5.74, 6) is -0.915. The number of amides is 2. The number of nitrogens with zero attached hydrogens (tertiary/aromatic N) is 2. The Morgan fingerprint density at radius 3 is 2.61 bits per heavy atom. The van der Waals surface area contributed by atoms with Crippen molar-refractivity contribution in [1.82, 2.24) is 9.88 Å². The normalized spacial score (nSPS) is 16.1. The van der Waals surface area contributed by atoms with Crippen LogP contribution in [-0.4, -0.2) is 35.2 Å². The number of aryl methyl sites for hydroxylation is 2. The minimum Gasteiger partial charge on any atom is -0.383 e. The number of hydrogen-bond acceptors (Lipinski definition) is 4. The van der Waals surface area contributed by atoms with Gasteiger partial charge in [0.1, 0.15) is 5.57 Å². The average molecular weight is 398 g/mol. The van der Waals surface area contributed by atoms with Crippen LogP contribution in [0.15, 0.2) is 35.9 Å². The van der Waals surface area contributed by atoms with Gasteiger partial charge in [0.2, 0.25) is 0 Å². The molecule has 1 aromatic heterocycles. The third kappa shape index (κ3) is 3.76. The summed E-state index contributed by atoms with van der Waals surface area (Å²) in [4.78, 5) is 27.0. The van der Waals surface area contributed by atoms with E-state index in [0.717, 1.165) is 22.5 Å². The van der Waals surface area contributed by atoms with E-state index in [9.17, 15) is 9.59 Å². The molecule has 6 nitrogen and oxygen atoms in total. The summed E-state index contributed by atoms with van der Waals surface area (Å²) < 4.78 is 7.26. The molecule has 1 aromatic carbocycles. The number of hydrogen-bond donors (Lipinski definition) is 1. The first-order chi connectivity index (χ1) is 13.3. The van der Waals surface area contributed by atoms with E-state index < -0.39 is 11.8 Å². The highest BCUT2D eigenvalue weighted by Gasteiger charge is 2.34. The molecule has 146 valence electrons. The van der Waals surface area contributed by atoms with Crippen LogP contribution in [0, 0.1) is 20.8 Å². The Morgan fingerprint density at radius 1 is 1.18 bits per heavy atom. The minimum atomic E-state index is -0.486. The molecule has 2 amide bonds. The second kappa shape index (κ2) is 8.08. The van der Waals surface area contributed by atoms with Gasteiger partial charge < -0.3 is 9.30 Å². The highest BCUT2D eigenvalue weighted by molar-refractivity contribution is 7.80. The van der Waals surface area contributed by atoms with Gasteiger partial charge in [-0.25, -0.2) is 0 Å². The summed E-state index contributed by atoms with van der Waals surface area (Å²) in [6, 6.07) is 9.40. The number of rotatable bonds is 5. The first-order valence-corrected chi connectivity index (χ1v) is 9.38. The molecule has 0 bridgehead atoms. The number of ether oxygens (including phenoxy) is 1. The first kappa shape index (κ1) is 20.0. The molecule has 2 heterocycles. The number of carbonyl (C=O) groups is 2. The Labute approximate surface area is 169 Å². The van der Waals surface area contributed by atoms with E-state index in [-0.39, 0.29) is 10.7 Å². The Hall–Kier alpha value is -2.77.